The number of nitrogens with zero attached hydrogens (tertiary/aromatic N) is 2. The van der Waals surface area contributed by atoms with E-state index in [4.69, 9.17) is 0 Å². The van der Waals surface area contributed by atoms with Crippen LogP contribution in [0, 0.1) is 6.92 Å². The molecular formula is C17H26N2O5S. The summed E-state index contributed by atoms with van der Waals surface area (Å²) in [6, 6.07) is 6.95. The molecular weight excluding hydrogens is 344 g/mol. The minimum Gasteiger partial charge on any atom is -0.393 e. The van der Waals surface area contributed by atoms with E-state index in [1.807, 2.05) is 6.92 Å². The van der Waals surface area contributed by atoms with Gasteiger partial charge in [0.25, 0.3) is 0 Å². The Balaban J connectivity index is 2.13. The third-order valence-electron chi connectivity index (χ3n) is 4.57. The summed E-state index contributed by atoms with van der Waals surface area (Å²) in [5.41, 5.74) is 0.283. The van der Waals surface area contributed by atoms with E-state index < -0.39 is 15.6 Å². The SMILES string of the molecule is Cc1ccc(N(CC(=O)N2CCC[C@](O)(CO)CC2)S(C)(=O)=O)cc1. The van der Waals surface area contributed by atoms with E-state index in [0.717, 1.165) is 16.1 Å². The molecule has 1 aliphatic heterocycles. The molecule has 2 N–H and O–H groups in total. The Morgan fingerprint density at radius 1 is 1.24 bits per heavy atom. The molecule has 1 aliphatic rings. The van der Waals surface area contributed by atoms with Crippen molar-refractivity contribution in [2.45, 2.75) is 31.8 Å². The Kier molecular flexibility index (Phi) is 6.08. The minimum atomic E-state index is -3.60. The van der Waals surface area contributed by atoms with Crippen molar-refractivity contribution in [2.75, 3.05) is 36.8 Å². The molecule has 0 saturated carbocycles. The zero-order valence-corrected chi connectivity index (χ0v) is 15.5. The molecule has 0 radical (unpaired) electrons. The highest BCUT2D eigenvalue weighted by Gasteiger charge is 2.32. The molecule has 8 heteroatoms. The number of sulfonamides is 1. The largest absolute Gasteiger partial charge is 0.393 e. The molecule has 1 fully saturated rings. The molecule has 1 amide bonds. The molecule has 0 bridgehead atoms. The van der Waals surface area contributed by atoms with Gasteiger partial charge >= 0.3 is 0 Å². The van der Waals surface area contributed by atoms with Gasteiger partial charge in [0.15, 0.2) is 0 Å². The number of aliphatic hydroxyl groups is 2. The van der Waals surface area contributed by atoms with Gasteiger partial charge in [0.05, 0.1) is 24.2 Å². The van der Waals surface area contributed by atoms with Crippen LogP contribution in [-0.2, 0) is 14.8 Å². The normalized spacial score (nSPS) is 21.7. The smallest absolute Gasteiger partial charge is 0.243 e. The van der Waals surface area contributed by atoms with Gasteiger partial charge in [-0.05, 0) is 38.3 Å². The van der Waals surface area contributed by atoms with Crippen molar-refractivity contribution in [3.63, 3.8) is 0 Å². The maximum Gasteiger partial charge on any atom is 0.243 e. The summed E-state index contributed by atoms with van der Waals surface area (Å²) in [6.07, 6.45) is 2.33. The second-order valence-corrected chi connectivity index (χ2v) is 8.63. The lowest BCUT2D eigenvalue weighted by molar-refractivity contribution is -0.129. The molecule has 2 rings (SSSR count). The Morgan fingerprint density at radius 3 is 2.44 bits per heavy atom. The third kappa shape index (κ3) is 5.17. The van der Waals surface area contributed by atoms with Crippen molar-refractivity contribution in [1.82, 2.24) is 4.90 Å². The molecule has 1 aromatic carbocycles. The number of carbonyl (C=O) groups is 1. The summed E-state index contributed by atoms with van der Waals surface area (Å²) in [5, 5.41) is 19.5. The fraction of sp³-hybridized carbons (Fsp3) is 0.588. The van der Waals surface area contributed by atoms with Gasteiger partial charge in [0, 0.05) is 13.1 Å². The molecule has 140 valence electrons. The number of hydrogen-bond acceptors (Lipinski definition) is 5. The number of rotatable bonds is 5. The average Bonchev–Trinajstić information content (AvgIpc) is 2.75. The van der Waals surface area contributed by atoms with E-state index in [-0.39, 0.29) is 25.5 Å². The van der Waals surface area contributed by atoms with Gasteiger partial charge in [-0.15, -0.1) is 0 Å². The standard InChI is InChI=1S/C17H26N2O5S/c1-14-4-6-15(7-5-14)19(25(2,23)24)12-16(21)18-10-3-8-17(22,13-20)9-11-18/h4-7,20,22H,3,8-13H2,1-2H3/t17-/m1/s1. The van der Waals surface area contributed by atoms with Gasteiger partial charge in [-0.1, -0.05) is 17.7 Å². The fourth-order valence-electron chi connectivity index (χ4n) is 2.92. The van der Waals surface area contributed by atoms with Crippen LogP contribution in [0.3, 0.4) is 0 Å². The molecule has 0 unspecified atom stereocenters. The van der Waals surface area contributed by atoms with Crippen LogP contribution in [0.4, 0.5) is 5.69 Å². The predicted octanol–water partition coefficient (Wildman–Crippen LogP) is 0.497. The Bertz CT molecular complexity index is 704. The second-order valence-electron chi connectivity index (χ2n) is 6.72. The quantitative estimate of drug-likeness (QED) is 0.786. The Labute approximate surface area is 148 Å². The van der Waals surface area contributed by atoms with E-state index in [1.165, 1.54) is 0 Å². The maximum atomic E-state index is 12.6. The third-order valence-corrected chi connectivity index (χ3v) is 5.71. The lowest BCUT2D eigenvalue weighted by Gasteiger charge is -2.27. The molecule has 0 aliphatic carbocycles. The highest BCUT2D eigenvalue weighted by atomic mass is 32.2. The number of aliphatic hydroxyl groups excluding tert-OH is 1. The van der Waals surface area contributed by atoms with Crippen molar-refractivity contribution in [2.24, 2.45) is 0 Å². The van der Waals surface area contributed by atoms with E-state index in [1.54, 1.807) is 29.2 Å². The van der Waals surface area contributed by atoms with Gasteiger partial charge in [0.1, 0.15) is 6.54 Å². The van der Waals surface area contributed by atoms with E-state index in [9.17, 15) is 23.4 Å². The average molecular weight is 370 g/mol. The summed E-state index contributed by atoms with van der Waals surface area (Å²) in [4.78, 5) is 14.2. The molecule has 0 aromatic heterocycles. The topological polar surface area (TPSA) is 98.2 Å². The van der Waals surface area contributed by atoms with Crippen LogP contribution in [0.2, 0.25) is 0 Å². The second kappa shape index (κ2) is 7.72. The first-order chi connectivity index (χ1) is 11.6. The zero-order valence-electron chi connectivity index (χ0n) is 14.7. The maximum absolute atomic E-state index is 12.6. The Morgan fingerprint density at radius 2 is 1.88 bits per heavy atom. The van der Waals surface area contributed by atoms with Gasteiger partial charge in [0.2, 0.25) is 15.9 Å². The van der Waals surface area contributed by atoms with Crippen LogP contribution in [0.15, 0.2) is 24.3 Å². The number of aryl methyl sites for hydroxylation is 1. The van der Waals surface area contributed by atoms with Crippen LogP contribution in [-0.4, -0.2) is 67.5 Å². The molecule has 1 aromatic rings. The molecule has 7 nitrogen and oxygen atoms in total. The Hall–Kier alpha value is -1.64. The van der Waals surface area contributed by atoms with Crippen molar-refractivity contribution in [3.8, 4) is 0 Å². The molecule has 25 heavy (non-hydrogen) atoms. The summed E-state index contributed by atoms with van der Waals surface area (Å²) in [7, 11) is -3.60. The monoisotopic (exact) mass is 370 g/mol. The van der Waals surface area contributed by atoms with E-state index in [2.05, 4.69) is 0 Å². The number of hydrogen-bond donors (Lipinski definition) is 2. The van der Waals surface area contributed by atoms with Crippen LogP contribution < -0.4 is 4.31 Å². The number of carbonyl (C=O) groups excluding carboxylic acids is 1. The number of likely N-dealkylation sites (tertiary alicyclic amines) is 1. The van der Waals surface area contributed by atoms with Crippen LogP contribution in [0.25, 0.3) is 0 Å². The van der Waals surface area contributed by atoms with Crippen molar-refractivity contribution in [1.29, 1.82) is 0 Å². The fourth-order valence-corrected chi connectivity index (χ4v) is 3.77. The first kappa shape index (κ1) is 19.7. The van der Waals surface area contributed by atoms with Gasteiger partial charge < -0.3 is 15.1 Å². The highest BCUT2D eigenvalue weighted by Crippen LogP contribution is 2.23. The van der Waals surface area contributed by atoms with E-state index in [0.29, 0.717) is 31.6 Å². The number of amides is 1. The lowest BCUT2D eigenvalue weighted by Crippen LogP contribution is -2.43. The van der Waals surface area contributed by atoms with Gasteiger partial charge in [-0.2, -0.15) is 0 Å². The summed E-state index contributed by atoms with van der Waals surface area (Å²) < 4.78 is 25.4. The molecule has 1 atom stereocenters. The first-order valence-electron chi connectivity index (χ1n) is 8.30. The van der Waals surface area contributed by atoms with Gasteiger partial charge in [-0.3, -0.25) is 9.10 Å². The zero-order chi connectivity index (χ0) is 18.7. The van der Waals surface area contributed by atoms with Crippen LogP contribution in [0.5, 0.6) is 0 Å². The van der Waals surface area contributed by atoms with Crippen molar-refractivity contribution >= 4 is 21.6 Å². The van der Waals surface area contributed by atoms with Crippen LogP contribution in [0.1, 0.15) is 24.8 Å². The summed E-state index contributed by atoms with van der Waals surface area (Å²) >= 11 is 0. The molecule has 1 heterocycles. The van der Waals surface area contributed by atoms with Crippen molar-refractivity contribution in [3.05, 3.63) is 29.8 Å². The van der Waals surface area contributed by atoms with Crippen molar-refractivity contribution < 1.29 is 23.4 Å². The predicted molar refractivity (Wildman–Crippen MR) is 95.8 cm³/mol. The molecule has 0 spiro atoms. The highest BCUT2D eigenvalue weighted by molar-refractivity contribution is 7.92. The first-order valence-corrected chi connectivity index (χ1v) is 10.1. The van der Waals surface area contributed by atoms with Crippen LogP contribution >= 0.6 is 0 Å². The van der Waals surface area contributed by atoms with Gasteiger partial charge in [-0.25, -0.2) is 8.42 Å². The number of benzene rings is 1. The summed E-state index contributed by atoms with van der Waals surface area (Å²) in [5.74, 6) is -0.312. The lowest BCUT2D eigenvalue weighted by atomic mass is 9.96. The summed E-state index contributed by atoms with van der Waals surface area (Å²) in [6.45, 7) is 2.01. The number of anilines is 1. The van der Waals surface area contributed by atoms with E-state index >= 15 is 0 Å². The minimum absolute atomic E-state index is 0.276. The molecule has 1 saturated heterocycles.